The maximum Gasteiger partial charge on any atom is 0.330 e. The van der Waals surface area contributed by atoms with E-state index >= 15 is 0 Å². The van der Waals surface area contributed by atoms with Crippen LogP contribution in [0.2, 0.25) is 5.02 Å². The molecule has 3 rings (SSSR count). The molecule has 108 valence electrons. The lowest BCUT2D eigenvalue weighted by Gasteiger charge is -2.02. The van der Waals surface area contributed by atoms with Crippen molar-refractivity contribution in [1.29, 1.82) is 0 Å². The molecule has 0 spiro atoms. The number of fused-ring (bicyclic) bond motifs is 1. The third kappa shape index (κ3) is 2.38. The SMILES string of the molecule is CCCn1c(=O)[nH]c(=O)c2[nH]c(-c3cccc(Cl)c3)nc21. The van der Waals surface area contributed by atoms with Crippen LogP contribution in [0.25, 0.3) is 22.6 Å². The van der Waals surface area contributed by atoms with Gasteiger partial charge in [0.2, 0.25) is 0 Å². The largest absolute Gasteiger partial charge is 0.332 e. The zero-order chi connectivity index (χ0) is 15.0. The highest BCUT2D eigenvalue weighted by Crippen LogP contribution is 2.21. The highest BCUT2D eigenvalue weighted by atomic mass is 35.5. The Balaban J connectivity index is 2.29. The molecule has 6 nitrogen and oxygen atoms in total. The van der Waals surface area contributed by atoms with Crippen LogP contribution in [0.3, 0.4) is 0 Å². The number of benzene rings is 1. The molecular weight excluding hydrogens is 292 g/mol. The Morgan fingerprint density at radius 2 is 2.10 bits per heavy atom. The second-order valence-electron chi connectivity index (χ2n) is 4.71. The van der Waals surface area contributed by atoms with Gasteiger partial charge in [-0.1, -0.05) is 30.7 Å². The van der Waals surface area contributed by atoms with E-state index in [1.54, 1.807) is 18.2 Å². The van der Waals surface area contributed by atoms with E-state index in [2.05, 4.69) is 15.0 Å². The zero-order valence-corrected chi connectivity index (χ0v) is 12.1. The van der Waals surface area contributed by atoms with Crippen molar-refractivity contribution in [3.05, 3.63) is 50.1 Å². The van der Waals surface area contributed by atoms with Gasteiger partial charge in [-0.3, -0.25) is 14.3 Å². The summed E-state index contributed by atoms with van der Waals surface area (Å²) in [6.45, 7) is 2.44. The van der Waals surface area contributed by atoms with Crippen LogP contribution in [0.1, 0.15) is 13.3 Å². The number of H-pyrrole nitrogens is 2. The number of imidazole rings is 1. The molecule has 0 bridgehead atoms. The number of aromatic nitrogens is 4. The second kappa shape index (κ2) is 5.21. The van der Waals surface area contributed by atoms with Crippen molar-refractivity contribution in [1.82, 2.24) is 19.5 Å². The molecule has 0 unspecified atom stereocenters. The van der Waals surface area contributed by atoms with E-state index in [0.717, 1.165) is 12.0 Å². The Morgan fingerprint density at radius 1 is 1.29 bits per heavy atom. The van der Waals surface area contributed by atoms with Gasteiger partial charge in [-0.05, 0) is 18.6 Å². The van der Waals surface area contributed by atoms with Crippen LogP contribution in [0.4, 0.5) is 0 Å². The van der Waals surface area contributed by atoms with Crippen molar-refractivity contribution in [2.24, 2.45) is 0 Å². The van der Waals surface area contributed by atoms with Crippen LogP contribution in [0, 0.1) is 0 Å². The minimum atomic E-state index is -0.469. The molecule has 2 heterocycles. The van der Waals surface area contributed by atoms with Crippen LogP contribution in [0.5, 0.6) is 0 Å². The average Bonchev–Trinajstić information content (AvgIpc) is 2.89. The van der Waals surface area contributed by atoms with Crippen LogP contribution in [-0.2, 0) is 6.54 Å². The van der Waals surface area contributed by atoms with Crippen molar-refractivity contribution < 1.29 is 0 Å². The zero-order valence-electron chi connectivity index (χ0n) is 11.3. The summed E-state index contributed by atoms with van der Waals surface area (Å²) in [4.78, 5) is 33.4. The van der Waals surface area contributed by atoms with Crippen molar-refractivity contribution in [2.75, 3.05) is 0 Å². The average molecular weight is 305 g/mol. The standard InChI is InChI=1S/C14H13ClN4O2/c1-2-6-19-12-10(13(20)18-14(19)21)16-11(17-12)8-4-3-5-9(15)7-8/h3-5,7H,2,6H2,1H3,(H,16,17)(H,18,20,21). The molecule has 0 amide bonds. The molecule has 0 aliphatic carbocycles. The van der Waals surface area contributed by atoms with Gasteiger partial charge in [0.1, 0.15) is 11.3 Å². The van der Waals surface area contributed by atoms with Gasteiger partial charge in [-0.2, -0.15) is 0 Å². The van der Waals surface area contributed by atoms with Gasteiger partial charge in [0.25, 0.3) is 5.56 Å². The van der Waals surface area contributed by atoms with Crippen LogP contribution in [0.15, 0.2) is 33.9 Å². The van der Waals surface area contributed by atoms with Gasteiger partial charge in [0.15, 0.2) is 5.65 Å². The smallest absolute Gasteiger partial charge is 0.330 e. The van der Waals surface area contributed by atoms with Gasteiger partial charge in [0.05, 0.1) is 0 Å². The Labute approximate surface area is 124 Å². The van der Waals surface area contributed by atoms with Crippen molar-refractivity contribution in [2.45, 2.75) is 19.9 Å². The van der Waals surface area contributed by atoms with Crippen molar-refractivity contribution in [3.8, 4) is 11.4 Å². The molecule has 2 N–H and O–H groups in total. The van der Waals surface area contributed by atoms with Gasteiger partial charge in [-0.25, -0.2) is 9.78 Å². The minimum absolute atomic E-state index is 0.290. The molecule has 7 heteroatoms. The second-order valence-corrected chi connectivity index (χ2v) is 5.14. The number of hydrogen-bond acceptors (Lipinski definition) is 3. The Morgan fingerprint density at radius 3 is 2.81 bits per heavy atom. The molecule has 0 aliphatic rings. The third-order valence-corrected chi connectivity index (χ3v) is 3.41. The number of aryl methyl sites for hydroxylation is 1. The molecule has 3 aromatic rings. The van der Waals surface area contributed by atoms with Crippen molar-refractivity contribution >= 4 is 22.8 Å². The lowest BCUT2D eigenvalue weighted by atomic mass is 10.2. The number of nitrogens with zero attached hydrogens (tertiary/aromatic N) is 2. The summed E-state index contributed by atoms with van der Waals surface area (Å²) < 4.78 is 1.46. The fourth-order valence-electron chi connectivity index (χ4n) is 2.24. The summed E-state index contributed by atoms with van der Waals surface area (Å²) in [5.41, 5.74) is 0.494. The van der Waals surface area contributed by atoms with E-state index in [9.17, 15) is 9.59 Å². The molecule has 21 heavy (non-hydrogen) atoms. The fraction of sp³-hybridized carbons (Fsp3) is 0.214. The molecule has 0 saturated heterocycles. The highest BCUT2D eigenvalue weighted by molar-refractivity contribution is 6.30. The first-order valence-electron chi connectivity index (χ1n) is 6.59. The molecule has 0 radical (unpaired) electrons. The quantitative estimate of drug-likeness (QED) is 0.777. The molecular formula is C14H13ClN4O2. The molecule has 0 atom stereocenters. The summed E-state index contributed by atoms with van der Waals surface area (Å²) in [6, 6.07) is 7.14. The van der Waals surface area contributed by atoms with E-state index in [4.69, 9.17) is 11.6 Å². The van der Waals surface area contributed by atoms with Crippen LogP contribution in [-0.4, -0.2) is 19.5 Å². The Hall–Kier alpha value is -2.34. The van der Waals surface area contributed by atoms with Crippen LogP contribution < -0.4 is 11.2 Å². The van der Waals surface area contributed by atoms with Gasteiger partial charge in [0, 0.05) is 17.1 Å². The number of halogens is 1. The summed E-state index contributed by atoms with van der Waals surface area (Å²) in [7, 11) is 0. The molecule has 0 aliphatic heterocycles. The normalized spacial score (nSPS) is 11.1. The van der Waals surface area contributed by atoms with Crippen molar-refractivity contribution in [3.63, 3.8) is 0 Å². The van der Waals surface area contributed by atoms with Crippen LogP contribution >= 0.6 is 11.6 Å². The van der Waals surface area contributed by atoms with E-state index in [0.29, 0.717) is 23.0 Å². The molecule has 2 aromatic heterocycles. The predicted molar refractivity (Wildman–Crippen MR) is 81.7 cm³/mol. The summed E-state index contributed by atoms with van der Waals surface area (Å²) in [6.07, 6.45) is 0.764. The summed E-state index contributed by atoms with van der Waals surface area (Å²) in [5.74, 6) is 0.508. The van der Waals surface area contributed by atoms with Gasteiger partial charge < -0.3 is 4.98 Å². The first-order valence-corrected chi connectivity index (χ1v) is 6.96. The monoisotopic (exact) mass is 304 g/mol. The Kier molecular flexibility index (Phi) is 3.39. The van der Waals surface area contributed by atoms with E-state index in [1.165, 1.54) is 4.57 Å². The minimum Gasteiger partial charge on any atom is -0.332 e. The highest BCUT2D eigenvalue weighted by Gasteiger charge is 2.13. The summed E-state index contributed by atoms with van der Waals surface area (Å²) in [5, 5.41) is 0.577. The third-order valence-electron chi connectivity index (χ3n) is 3.18. The van der Waals surface area contributed by atoms with E-state index in [1.807, 2.05) is 13.0 Å². The molecule has 1 aromatic carbocycles. The topological polar surface area (TPSA) is 83.5 Å². The maximum atomic E-state index is 11.9. The lowest BCUT2D eigenvalue weighted by molar-refractivity contribution is 0.653. The van der Waals surface area contributed by atoms with Gasteiger partial charge in [-0.15, -0.1) is 0 Å². The molecule has 0 saturated carbocycles. The first-order chi connectivity index (χ1) is 10.1. The van der Waals surface area contributed by atoms with E-state index < -0.39 is 11.2 Å². The number of aromatic amines is 2. The molecule has 0 fully saturated rings. The predicted octanol–water partition coefficient (Wildman–Crippen LogP) is 2.14. The number of nitrogens with one attached hydrogen (secondary N) is 2. The lowest BCUT2D eigenvalue weighted by Crippen LogP contribution is -2.30. The van der Waals surface area contributed by atoms with Gasteiger partial charge >= 0.3 is 5.69 Å². The maximum absolute atomic E-state index is 11.9. The Bertz CT molecular complexity index is 923. The summed E-state index contributed by atoms with van der Waals surface area (Å²) >= 11 is 5.97. The number of rotatable bonds is 3. The first kappa shape index (κ1) is 13.6. The fourth-order valence-corrected chi connectivity index (χ4v) is 2.43. The van der Waals surface area contributed by atoms with E-state index in [-0.39, 0.29) is 5.52 Å². The number of hydrogen-bond donors (Lipinski definition) is 2.